The van der Waals surface area contributed by atoms with Gasteiger partial charge in [-0.15, -0.1) is 24.8 Å². The highest BCUT2D eigenvalue weighted by atomic mass is 35.5. The molecular formula is C18H23Cl3N2. The van der Waals surface area contributed by atoms with Crippen LogP contribution >= 0.6 is 36.4 Å². The molecule has 23 heavy (non-hydrogen) atoms. The average molecular weight is 374 g/mol. The Morgan fingerprint density at radius 2 is 1.30 bits per heavy atom. The van der Waals surface area contributed by atoms with Crippen LogP contribution in [0.2, 0.25) is 5.02 Å². The van der Waals surface area contributed by atoms with Gasteiger partial charge in [-0.2, -0.15) is 0 Å². The molecule has 1 aliphatic heterocycles. The number of likely N-dealkylation sites (N-methyl/N-ethyl adjacent to an activating group) is 1. The van der Waals surface area contributed by atoms with E-state index < -0.39 is 0 Å². The molecule has 0 aliphatic carbocycles. The van der Waals surface area contributed by atoms with Crippen molar-refractivity contribution in [3.8, 4) is 0 Å². The molecule has 2 aromatic rings. The third-order valence-corrected chi connectivity index (χ3v) is 4.46. The molecule has 0 bridgehead atoms. The molecule has 1 heterocycles. The monoisotopic (exact) mass is 372 g/mol. The predicted molar refractivity (Wildman–Crippen MR) is 103 cm³/mol. The summed E-state index contributed by atoms with van der Waals surface area (Å²) in [6.07, 6.45) is 0. The van der Waals surface area contributed by atoms with Crippen LogP contribution in [0.15, 0.2) is 54.6 Å². The maximum atomic E-state index is 6.05. The van der Waals surface area contributed by atoms with Crippen molar-refractivity contribution in [2.45, 2.75) is 6.04 Å². The van der Waals surface area contributed by atoms with Gasteiger partial charge in [0.2, 0.25) is 0 Å². The van der Waals surface area contributed by atoms with E-state index in [9.17, 15) is 0 Å². The summed E-state index contributed by atoms with van der Waals surface area (Å²) >= 11 is 6.05. The van der Waals surface area contributed by atoms with Gasteiger partial charge in [0, 0.05) is 31.2 Å². The third kappa shape index (κ3) is 5.10. The van der Waals surface area contributed by atoms with E-state index in [1.165, 1.54) is 11.1 Å². The smallest absolute Gasteiger partial charge is 0.0602 e. The lowest BCUT2D eigenvalue weighted by molar-refractivity contribution is 0.127. The number of rotatable bonds is 3. The summed E-state index contributed by atoms with van der Waals surface area (Å²) in [5.41, 5.74) is 2.67. The molecule has 1 atom stereocenters. The number of benzene rings is 2. The largest absolute Gasteiger partial charge is 0.304 e. The van der Waals surface area contributed by atoms with E-state index in [1.807, 2.05) is 12.1 Å². The van der Waals surface area contributed by atoms with Gasteiger partial charge in [-0.25, -0.2) is 0 Å². The van der Waals surface area contributed by atoms with Gasteiger partial charge in [0.1, 0.15) is 0 Å². The minimum absolute atomic E-state index is 0. The lowest BCUT2D eigenvalue weighted by Gasteiger charge is -2.38. The summed E-state index contributed by atoms with van der Waals surface area (Å²) in [4.78, 5) is 4.96. The fraction of sp³-hybridized carbons (Fsp3) is 0.333. The topological polar surface area (TPSA) is 6.48 Å². The van der Waals surface area contributed by atoms with Gasteiger partial charge in [-0.05, 0) is 30.3 Å². The van der Waals surface area contributed by atoms with Crippen molar-refractivity contribution in [2.24, 2.45) is 0 Å². The number of piperazine rings is 1. The minimum Gasteiger partial charge on any atom is -0.304 e. The van der Waals surface area contributed by atoms with Crippen molar-refractivity contribution in [1.82, 2.24) is 9.80 Å². The highest BCUT2D eigenvalue weighted by Crippen LogP contribution is 2.30. The molecule has 1 aliphatic rings. The van der Waals surface area contributed by atoms with E-state index in [4.69, 9.17) is 11.6 Å². The number of nitrogens with zero attached hydrogens (tertiary/aromatic N) is 2. The summed E-state index contributed by atoms with van der Waals surface area (Å²) in [5, 5.41) is 0.795. The molecule has 0 N–H and O–H groups in total. The van der Waals surface area contributed by atoms with Gasteiger partial charge in [-0.1, -0.05) is 54.1 Å². The first kappa shape index (κ1) is 20.3. The van der Waals surface area contributed by atoms with Crippen molar-refractivity contribution in [3.63, 3.8) is 0 Å². The maximum absolute atomic E-state index is 6.05. The first-order valence-electron chi connectivity index (χ1n) is 7.47. The van der Waals surface area contributed by atoms with Crippen LogP contribution in [0.4, 0.5) is 0 Å². The van der Waals surface area contributed by atoms with E-state index in [2.05, 4.69) is 59.3 Å². The molecule has 2 aromatic carbocycles. The molecule has 2 nitrogen and oxygen atoms in total. The van der Waals surface area contributed by atoms with Crippen LogP contribution in [0, 0.1) is 0 Å². The highest BCUT2D eigenvalue weighted by molar-refractivity contribution is 6.30. The lowest BCUT2D eigenvalue weighted by atomic mass is 9.96. The van der Waals surface area contributed by atoms with Crippen LogP contribution in [0.5, 0.6) is 0 Å². The Labute approximate surface area is 156 Å². The second kappa shape index (κ2) is 9.51. The first-order valence-corrected chi connectivity index (χ1v) is 7.85. The molecule has 3 rings (SSSR count). The summed E-state index contributed by atoms with van der Waals surface area (Å²) in [6, 6.07) is 19.4. The van der Waals surface area contributed by atoms with Gasteiger partial charge in [-0.3, -0.25) is 4.90 Å². The van der Waals surface area contributed by atoms with Crippen molar-refractivity contribution in [2.75, 3.05) is 33.2 Å². The second-order valence-corrected chi connectivity index (χ2v) is 6.14. The molecule has 0 amide bonds. The molecule has 1 fully saturated rings. The quantitative estimate of drug-likeness (QED) is 0.780. The third-order valence-electron chi connectivity index (χ3n) is 4.20. The molecule has 5 heteroatoms. The van der Waals surface area contributed by atoms with Crippen LogP contribution in [-0.2, 0) is 0 Å². The lowest BCUT2D eigenvalue weighted by Crippen LogP contribution is -2.46. The highest BCUT2D eigenvalue weighted by Gasteiger charge is 2.25. The fourth-order valence-electron chi connectivity index (χ4n) is 2.97. The van der Waals surface area contributed by atoms with Gasteiger partial charge in [0.15, 0.2) is 0 Å². The molecule has 1 saturated heterocycles. The Balaban J connectivity index is 0.00000132. The molecule has 0 aromatic heterocycles. The van der Waals surface area contributed by atoms with E-state index >= 15 is 0 Å². The van der Waals surface area contributed by atoms with Crippen molar-refractivity contribution < 1.29 is 0 Å². The summed E-state index contributed by atoms with van der Waals surface area (Å²) < 4.78 is 0. The average Bonchev–Trinajstić information content (AvgIpc) is 2.52. The van der Waals surface area contributed by atoms with Crippen LogP contribution in [0.3, 0.4) is 0 Å². The molecule has 126 valence electrons. The number of halogens is 3. The van der Waals surface area contributed by atoms with Crippen LogP contribution in [0.1, 0.15) is 17.2 Å². The minimum atomic E-state index is 0. The zero-order valence-electron chi connectivity index (χ0n) is 13.2. The Morgan fingerprint density at radius 3 is 1.87 bits per heavy atom. The summed E-state index contributed by atoms with van der Waals surface area (Å²) in [7, 11) is 2.19. The van der Waals surface area contributed by atoms with Crippen LogP contribution in [0.25, 0.3) is 0 Å². The van der Waals surface area contributed by atoms with Crippen molar-refractivity contribution >= 4 is 36.4 Å². The van der Waals surface area contributed by atoms with Gasteiger partial charge >= 0.3 is 0 Å². The van der Waals surface area contributed by atoms with Gasteiger partial charge in [0.05, 0.1) is 6.04 Å². The molecule has 0 radical (unpaired) electrons. The SMILES string of the molecule is CN1CCN([C@@H](c2ccccc2)c2ccc(Cl)cc2)CC1.Cl.Cl. The fourth-order valence-corrected chi connectivity index (χ4v) is 3.10. The summed E-state index contributed by atoms with van der Waals surface area (Å²) in [6.45, 7) is 4.44. The zero-order chi connectivity index (χ0) is 14.7. The summed E-state index contributed by atoms with van der Waals surface area (Å²) in [5.74, 6) is 0. The van der Waals surface area contributed by atoms with E-state index in [0.717, 1.165) is 31.2 Å². The van der Waals surface area contributed by atoms with Crippen molar-refractivity contribution in [1.29, 1.82) is 0 Å². The Bertz CT molecular complexity index is 567. The normalized spacial score (nSPS) is 17.0. The number of hydrogen-bond acceptors (Lipinski definition) is 2. The van der Waals surface area contributed by atoms with E-state index in [-0.39, 0.29) is 24.8 Å². The Kier molecular flexibility index (Phi) is 8.38. The van der Waals surface area contributed by atoms with E-state index in [1.54, 1.807) is 0 Å². The standard InChI is InChI=1S/C18H21ClN2.2ClH/c1-20-11-13-21(14-12-20)18(15-5-3-2-4-6-15)16-7-9-17(19)10-8-16;;/h2-10,18H,11-14H2,1H3;2*1H/t18-;;/m0../s1. The molecular weight excluding hydrogens is 351 g/mol. The van der Waals surface area contributed by atoms with Gasteiger partial charge in [0.25, 0.3) is 0 Å². The molecule has 0 saturated carbocycles. The van der Waals surface area contributed by atoms with E-state index in [0.29, 0.717) is 6.04 Å². The number of hydrogen-bond donors (Lipinski definition) is 0. The van der Waals surface area contributed by atoms with Gasteiger partial charge < -0.3 is 4.90 Å². The maximum Gasteiger partial charge on any atom is 0.0602 e. The Morgan fingerprint density at radius 1 is 0.783 bits per heavy atom. The van der Waals surface area contributed by atoms with Crippen LogP contribution in [-0.4, -0.2) is 43.0 Å². The molecule has 0 spiro atoms. The predicted octanol–water partition coefficient (Wildman–Crippen LogP) is 4.52. The van der Waals surface area contributed by atoms with Crippen LogP contribution < -0.4 is 0 Å². The molecule has 0 unspecified atom stereocenters. The Hall–Kier alpha value is -0.770. The first-order chi connectivity index (χ1) is 10.2. The van der Waals surface area contributed by atoms with Crippen molar-refractivity contribution in [3.05, 3.63) is 70.7 Å². The second-order valence-electron chi connectivity index (χ2n) is 5.70. The zero-order valence-corrected chi connectivity index (χ0v) is 15.6.